The minimum absolute atomic E-state index is 0.0599. The Kier molecular flexibility index (Phi) is 7.87. The number of aliphatic hydroxyl groups is 1. The van der Waals surface area contributed by atoms with Crippen molar-refractivity contribution < 1.29 is 28.1 Å². The molecular formula is C14H26F2O4. The van der Waals surface area contributed by atoms with Gasteiger partial charge in [-0.15, -0.1) is 0 Å². The van der Waals surface area contributed by atoms with Crippen LogP contribution in [0, 0.1) is 5.92 Å². The molecule has 20 heavy (non-hydrogen) atoms. The largest absolute Gasteiger partial charge is 0.379 e. The lowest BCUT2D eigenvalue weighted by Crippen LogP contribution is -2.43. The third-order valence-electron chi connectivity index (χ3n) is 3.40. The maximum atomic E-state index is 13.8. The van der Waals surface area contributed by atoms with Crippen molar-refractivity contribution in [2.45, 2.75) is 57.8 Å². The molecule has 0 bridgehead atoms. The second-order valence-corrected chi connectivity index (χ2v) is 5.18. The van der Waals surface area contributed by atoms with Gasteiger partial charge in [0.25, 0.3) is 5.92 Å². The van der Waals surface area contributed by atoms with Gasteiger partial charge in [-0.2, -0.15) is 0 Å². The second kappa shape index (κ2) is 8.87. The Labute approximate surface area is 119 Å². The number of halogens is 2. The van der Waals surface area contributed by atoms with Gasteiger partial charge in [-0.25, -0.2) is 8.78 Å². The quantitative estimate of drug-likeness (QED) is 0.630. The molecule has 4 nitrogen and oxygen atoms in total. The van der Waals surface area contributed by atoms with Crippen LogP contribution in [0.4, 0.5) is 8.78 Å². The summed E-state index contributed by atoms with van der Waals surface area (Å²) in [5, 5.41) is 9.62. The summed E-state index contributed by atoms with van der Waals surface area (Å²) in [5.74, 6) is -4.44. The van der Waals surface area contributed by atoms with Crippen molar-refractivity contribution >= 4 is 0 Å². The molecule has 0 aromatic rings. The normalized spacial score (nSPS) is 26.9. The number of ether oxygens (including phenoxy) is 3. The predicted molar refractivity (Wildman–Crippen MR) is 70.8 cm³/mol. The molecule has 6 heteroatoms. The molecule has 1 aliphatic heterocycles. The van der Waals surface area contributed by atoms with E-state index in [1.807, 2.05) is 13.8 Å². The Hall–Kier alpha value is -0.300. The number of hydrogen-bond acceptors (Lipinski definition) is 4. The first-order chi connectivity index (χ1) is 9.53. The van der Waals surface area contributed by atoms with E-state index in [0.717, 1.165) is 25.7 Å². The van der Waals surface area contributed by atoms with Gasteiger partial charge in [0.1, 0.15) is 12.5 Å². The van der Waals surface area contributed by atoms with Crippen LogP contribution in [0.3, 0.4) is 0 Å². The molecule has 1 fully saturated rings. The topological polar surface area (TPSA) is 47.9 Å². The summed E-state index contributed by atoms with van der Waals surface area (Å²) in [5.41, 5.74) is 0. The maximum absolute atomic E-state index is 13.8. The molecule has 0 aromatic heterocycles. The minimum atomic E-state index is -3.08. The van der Waals surface area contributed by atoms with Gasteiger partial charge in [-0.05, 0) is 12.8 Å². The third kappa shape index (κ3) is 5.24. The van der Waals surface area contributed by atoms with Gasteiger partial charge in [-0.1, -0.05) is 26.7 Å². The molecule has 0 aliphatic carbocycles. The van der Waals surface area contributed by atoms with E-state index < -0.39 is 30.8 Å². The number of aliphatic hydroxyl groups excluding tert-OH is 1. The van der Waals surface area contributed by atoms with Gasteiger partial charge >= 0.3 is 0 Å². The van der Waals surface area contributed by atoms with Gasteiger partial charge in [0.2, 0.25) is 0 Å². The van der Waals surface area contributed by atoms with Gasteiger partial charge in [0.15, 0.2) is 6.29 Å². The molecule has 120 valence electrons. The van der Waals surface area contributed by atoms with Crippen LogP contribution in [-0.2, 0) is 14.2 Å². The summed E-state index contributed by atoms with van der Waals surface area (Å²) in [4.78, 5) is 0. The molecular weight excluding hydrogens is 270 g/mol. The summed E-state index contributed by atoms with van der Waals surface area (Å²) in [7, 11) is 0. The Morgan fingerprint density at radius 1 is 1.25 bits per heavy atom. The van der Waals surface area contributed by atoms with Gasteiger partial charge in [0, 0.05) is 13.2 Å². The molecule has 1 aliphatic rings. The zero-order chi connectivity index (χ0) is 15.0. The number of alkyl halides is 2. The van der Waals surface area contributed by atoms with E-state index in [1.54, 1.807) is 0 Å². The van der Waals surface area contributed by atoms with Crippen LogP contribution in [0.1, 0.15) is 39.5 Å². The highest BCUT2D eigenvalue weighted by Gasteiger charge is 2.55. The number of rotatable bonds is 10. The van der Waals surface area contributed by atoms with Crippen LogP contribution in [-0.4, -0.2) is 49.9 Å². The molecule has 3 atom stereocenters. The zero-order valence-corrected chi connectivity index (χ0v) is 12.3. The van der Waals surface area contributed by atoms with Crippen LogP contribution in [0.2, 0.25) is 0 Å². The lowest BCUT2D eigenvalue weighted by molar-refractivity contribution is -0.158. The Morgan fingerprint density at radius 2 is 1.90 bits per heavy atom. The van der Waals surface area contributed by atoms with E-state index in [9.17, 15) is 13.9 Å². The van der Waals surface area contributed by atoms with Crippen molar-refractivity contribution in [3.63, 3.8) is 0 Å². The fourth-order valence-corrected chi connectivity index (χ4v) is 2.14. The fourth-order valence-electron chi connectivity index (χ4n) is 2.14. The molecule has 1 unspecified atom stereocenters. The van der Waals surface area contributed by atoms with Crippen molar-refractivity contribution in [3.8, 4) is 0 Å². The number of unbranched alkanes of at least 4 members (excludes halogenated alkanes) is 2. The SMILES string of the molecule is CCCCOC[C@H](OCCCC)[C@H]1C(O)OCC1(F)F. The average molecular weight is 296 g/mol. The van der Waals surface area contributed by atoms with Gasteiger partial charge < -0.3 is 19.3 Å². The van der Waals surface area contributed by atoms with Crippen LogP contribution in [0.5, 0.6) is 0 Å². The first-order valence-corrected chi connectivity index (χ1v) is 7.39. The molecule has 1 N–H and O–H groups in total. The average Bonchev–Trinajstić information content (AvgIpc) is 2.67. The molecule has 0 amide bonds. The lowest BCUT2D eigenvalue weighted by atomic mass is 9.97. The molecule has 0 aromatic carbocycles. The Balaban J connectivity index is 2.55. The van der Waals surface area contributed by atoms with E-state index in [0.29, 0.717) is 13.2 Å². The van der Waals surface area contributed by atoms with Crippen LogP contribution in [0.25, 0.3) is 0 Å². The van der Waals surface area contributed by atoms with E-state index in [2.05, 4.69) is 4.74 Å². The third-order valence-corrected chi connectivity index (χ3v) is 3.40. The fraction of sp³-hybridized carbons (Fsp3) is 1.00. The summed E-state index contributed by atoms with van der Waals surface area (Å²) in [6.45, 7) is 4.22. The van der Waals surface area contributed by atoms with E-state index >= 15 is 0 Å². The number of hydrogen-bond donors (Lipinski definition) is 1. The highest BCUT2D eigenvalue weighted by atomic mass is 19.3. The maximum Gasteiger partial charge on any atom is 0.281 e. The Bertz CT molecular complexity index is 264. The van der Waals surface area contributed by atoms with Crippen molar-refractivity contribution in [3.05, 3.63) is 0 Å². The van der Waals surface area contributed by atoms with Crippen LogP contribution >= 0.6 is 0 Å². The standard InChI is InChI=1S/C14H26F2O4/c1-3-5-7-18-9-11(19-8-6-4-2)12-13(17)20-10-14(12,15)16/h11-13,17H,3-10H2,1-2H3/t11-,12-,13?/m0/s1. The van der Waals surface area contributed by atoms with E-state index in [4.69, 9.17) is 9.47 Å². The monoisotopic (exact) mass is 296 g/mol. The molecule has 1 rings (SSSR count). The molecule has 0 radical (unpaired) electrons. The van der Waals surface area contributed by atoms with Crippen LogP contribution < -0.4 is 0 Å². The molecule has 1 saturated heterocycles. The minimum Gasteiger partial charge on any atom is -0.379 e. The molecule has 1 heterocycles. The highest BCUT2D eigenvalue weighted by Crippen LogP contribution is 2.38. The zero-order valence-electron chi connectivity index (χ0n) is 12.3. The predicted octanol–water partition coefficient (Wildman–Crippen LogP) is 2.59. The summed E-state index contributed by atoms with van der Waals surface area (Å²) >= 11 is 0. The van der Waals surface area contributed by atoms with Crippen molar-refractivity contribution in [1.82, 2.24) is 0 Å². The first kappa shape index (κ1) is 17.8. The van der Waals surface area contributed by atoms with Crippen molar-refractivity contribution in [1.29, 1.82) is 0 Å². The van der Waals surface area contributed by atoms with Crippen LogP contribution in [0.15, 0.2) is 0 Å². The highest BCUT2D eigenvalue weighted by molar-refractivity contribution is 4.90. The molecule has 0 spiro atoms. The molecule has 0 saturated carbocycles. The first-order valence-electron chi connectivity index (χ1n) is 7.39. The summed E-state index contributed by atoms with van der Waals surface area (Å²) in [6.07, 6.45) is 1.23. The van der Waals surface area contributed by atoms with Crippen molar-refractivity contribution in [2.75, 3.05) is 26.4 Å². The van der Waals surface area contributed by atoms with Gasteiger partial charge in [0.05, 0.1) is 12.7 Å². The smallest absolute Gasteiger partial charge is 0.281 e. The lowest BCUT2D eigenvalue weighted by Gasteiger charge is -2.28. The Morgan fingerprint density at radius 3 is 2.45 bits per heavy atom. The summed E-state index contributed by atoms with van der Waals surface area (Å²) < 4.78 is 43.1. The van der Waals surface area contributed by atoms with E-state index in [-0.39, 0.29) is 6.61 Å². The van der Waals surface area contributed by atoms with Crippen molar-refractivity contribution in [2.24, 2.45) is 5.92 Å². The van der Waals surface area contributed by atoms with E-state index in [1.165, 1.54) is 0 Å². The summed E-state index contributed by atoms with van der Waals surface area (Å²) in [6, 6.07) is 0. The second-order valence-electron chi connectivity index (χ2n) is 5.18. The van der Waals surface area contributed by atoms with Gasteiger partial charge in [-0.3, -0.25) is 0 Å².